The monoisotopic (exact) mass is 825 g/mol. The standard InChI is InChI=1S/C40H63N3O13S/c1-13-27-40(9)29(33(36(49)56-40)57-17-16-43-15-14-28(45)41-38(43)50)22(4)30(46)20(2)19-39(8,51-12)34(23(5)31(47)24(6)35(48)54-27)55-37-32(53-25(7)44)26(42(10)11)18-21(3)52-37/h14-15,20-24,26-27,29,31-34,37,47H,13,16-19H2,1-12H3,(H,41,45,50)/t20-,21-,22-,23+,24-,26+,27-,29+,31+,32-,33+,34-,37+,39-,40-/m1/s1. The number of carbonyl (C=O) groups is 4. The van der Waals surface area contributed by atoms with E-state index in [0.29, 0.717) is 6.42 Å². The van der Waals surface area contributed by atoms with Crippen LogP contribution in [0.25, 0.3) is 0 Å². The third-order valence-electron chi connectivity index (χ3n) is 12.3. The molecule has 17 heteroatoms. The first kappa shape index (κ1) is 46.6. The number of aliphatic hydroxyl groups is 1. The number of hydrogen-bond donors (Lipinski definition) is 2. The van der Waals surface area contributed by atoms with Gasteiger partial charge >= 0.3 is 23.6 Å². The zero-order valence-electron chi connectivity index (χ0n) is 35.3. The zero-order valence-corrected chi connectivity index (χ0v) is 36.2. The SMILES string of the molecule is CC[C@H]1OC(=O)[C@H](C)[C@@H](O)[C@H](C)[C@@H](O[C@@H]2O[C@H](C)C[C@H](N(C)C)[C@H]2OC(C)=O)[C@](C)(OC)C[C@@H](C)C(=O)[C@H](C)[C@H]2[C@H](SCCn3ccc(=O)[nH]c3=O)C(=O)O[C@@]21C. The molecule has 0 radical (unpaired) electrons. The summed E-state index contributed by atoms with van der Waals surface area (Å²) in [6.07, 6.45) is -3.32. The number of aromatic nitrogens is 2. The Balaban J connectivity index is 1.77. The molecule has 3 aliphatic rings. The van der Waals surface area contributed by atoms with Crippen LogP contribution in [0.15, 0.2) is 21.9 Å². The number of aryl methyl sites for hydroxylation is 1. The Bertz CT molecular complexity index is 1720. The van der Waals surface area contributed by atoms with Crippen molar-refractivity contribution >= 4 is 35.5 Å². The molecule has 0 bridgehead atoms. The van der Waals surface area contributed by atoms with Crippen LogP contribution in [0.5, 0.6) is 0 Å². The van der Waals surface area contributed by atoms with Gasteiger partial charge in [0.25, 0.3) is 5.56 Å². The van der Waals surface area contributed by atoms with E-state index in [4.69, 9.17) is 28.4 Å². The van der Waals surface area contributed by atoms with Crippen LogP contribution in [0.3, 0.4) is 0 Å². The zero-order chi connectivity index (χ0) is 42.7. The number of thioether (sulfide) groups is 1. The smallest absolute Gasteiger partial charge is 0.328 e. The second kappa shape index (κ2) is 18.9. The number of nitrogens with one attached hydrogen (secondary N) is 1. The van der Waals surface area contributed by atoms with Gasteiger partial charge in [-0.2, -0.15) is 0 Å². The van der Waals surface area contributed by atoms with Crippen LogP contribution in [0, 0.1) is 29.6 Å². The van der Waals surface area contributed by atoms with Crippen molar-refractivity contribution in [1.29, 1.82) is 0 Å². The fraction of sp³-hybridized carbons (Fsp3) is 0.800. The molecule has 16 nitrogen and oxygen atoms in total. The average molecular weight is 826 g/mol. The summed E-state index contributed by atoms with van der Waals surface area (Å²) in [6, 6.07) is 0.960. The van der Waals surface area contributed by atoms with E-state index in [-0.39, 0.29) is 43.1 Å². The summed E-state index contributed by atoms with van der Waals surface area (Å²) in [5.41, 5.74) is -3.83. The van der Waals surface area contributed by atoms with Crippen molar-refractivity contribution in [3.8, 4) is 0 Å². The number of likely N-dealkylation sites (N-methyl/N-ethyl adjacent to an activating group) is 1. The summed E-state index contributed by atoms with van der Waals surface area (Å²) in [4.78, 5) is 83.1. The van der Waals surface area contributed by atoms with Gasteiger partial charge in [-0.15, -0.1) is 11.8 Å². The van der Waals surface area contributed by atoms with Gasteiger partial charge < -0.3 is 38.4 Å². The fourth-order valence-electron chi connectivity index (χ4n) is 9.10. The summed E-state index contributed by atoms with van der Waals surface area (Å²) in [5, 5.41) is 11.1. The molecule has 0 unspecified atom stereocenters. The lowest BCUT2D eigenvalue weighted by molar-refractivity contribution is -0.303. The third kappa shape index (κ3) is 10.0. The minimum Gasteiger partial charge on any atom is -0.458 e. The summed E-state index contributed by atoms with van der Waals surface area (Å²) in [6.45, 7) is 15.4. The number of methoxy groups -OCH3 is 1. The van der Waals surface area contributed by atoms with Crippen molar-refractivity contribution < 1.29 is 52.7 Å². The normalized spacial score (nSPS) is 39.5. The molecule has 1 aromatic rings. The molecule has 57 heavy (non-hydrogen) atoms. The largest absolute Gasteiger partial charge is 0.458 e. The number of nitrogens with zero attached hydrogens (tertiary/aromatic N) is 2. The van der Waals surface area contributed by atoms with Crippen LogP contribution in [0.1, 0.15) is 81.6 Å². The number of esters is 3. The van der Waals surface area contributed by atoms with Gasteiger partial charge in [0.05, 0.1) is 35.9 Å². The van der Waals surface area contributed by atoms with E-state index in [0.717, 1.165) is 0 Å². The Morgan fingerprint density at radius 1 is 1.07 bits per heavy atom. The number of fused-ring (bicyclic) bond motifs is 1. The molecule has 0 spiro atoms. The molecule has 3 fully saturated rings. The van der Waals surface area contributed by atoms with Gasteiger partial charge in [0.1, 0.15) is 17.1 Å². The van der Waals surface area contributed by atoms with Gasteiger partial charge in [0, 0.05) is 62.3 Å². The van der Waals surface area contributed by atoms with Gasteiger partial charge in [-0.25, -0.2) is 4.79 Å². The fourth-order valence-corrected chi connectivity index (χ4v) is 10.6. The Hall–Kier alpha value is -3.09. The molecule has 322 valence electrons. The first-order valence-electron chi connectivity index (χ1n) is 19.9. The molecule has 4 rings (SSSR count). The van der Waals surface area contributed by atoms with Crippen molar-refractivity contribution in [2.45, 2.75) is 147 Å². The minimum absolute atomic E-state index is 0.104. The number of hydrogen-bond acceptors (Lipinski definition) is 15. The number of cyclic esters (lactones) is 1. The van der Waals surface area contributed by atoms with E-state index in [9.17, 15) is 33.9 Å². The predicted molar refractivity (Wildman–Crippen MR) is 210 cm³/mol. The number of aliphatic hydroxyl groups excluding tert-OH is 1. The van der Waals surface area contributed by atoms with Gasteiger partial charge in [0.2, 0.25) is 0 Å². The highest BCUT2D eigenvalue weighted by Crippen LogP contribution is 2.49. The lowest BCUT2D eigenvalue weighted by Gasteiger charge is -2.48. The first-order chi connectivity index (χ1) is 26.6. The molecule has 3 aliphatic heterocycles. The molecule has 3 saturated heterocycles. The van der Waals surface area contributed by atoms with Crippen LogP contribution in [-0.2, 0) is 54.1 Å². The first-order valence-corrected chi connectivity index (χ1v) is 20.9. The van der Waals surface area contributed by atoms with E-state index in [1.54, 1.807) is 48.5 Å². The molecule has 0 amide bonds. The Kier molecular flexibility index (Phi) is 15.4. The molecule has 2 N–H and O–H groups in total. The third-order valence-corrected chi connectivity index (χ3v) is 13.6. The second-order valence-corrected chi connectivity index (χ2v) is 18.0. The van der Waals surface area contributed by atoms with Crippen molar-refractivity contribution in [3.05, 3.63) is 33.1 Å². The number of ether oxygens (including phenoxy) is 6. The maximum absolute atomic E-state index is 14.7. The van der Waals surface area contributed by atoms with E-state index < -0.39 is 106 Å². The highest BCUT2D eigenvalue weighted by atomic mass is 32.2. The molecular formula is C40H63N3O13S. The molecule has 0 saturated carbocycles. The molecular weight excluding hydrogens is 763 g/mol. The maximum Gasteiger partial charge on any atom is 0.328 e. The maximum atomic E-state index is 14.7. The summed E-state index contributed by atoms with van der Waals surface area (Å²) >= 11 is 1.22. The second-order valence-electron chi connectivity index (χ2n) is 16.7. The average Bonchev–Trinajstić information content (AvgIpc) is 3.40. The summed E-state index contributed by atoms with van der Waals surface area (Å²) in [7, 11) is 5.24. The number of ketones is 1. The molecule has 0 aromatic carbocycles. The van der Waals surface area contributed by atoms with Crippen LogP contribution in [-0.4, -0.2) is 130 Å². The number of aromatic amines is 1. The van der Waals surface area contributed by atoms with E-state index in [2.05, 4.69) is 4.98 Å². The molecule has 0 aliphatic carbocycles. The number of carbonyl (C=O) groups excluding carboxylic acids is 4. The van der Waals surface area contributed by atoms with E-state index in [1.165, 1.54) is 42.6 Å². The molecule has 15 atom stereocenters. The van der Waals surface area contributed by atoms with Gasteiger partial charge in [-0.05, 0) is 61.1 Å². The van der Waals surface area contributed by atoms with Crippen LogP contribution >= 0.6 is 11.8 Å². The van der Waals surface area contributed by atoms with Crippen molar-refractivity contribution in [2.24, 2.45) is 29.6 Å². The quantitative estimate of drug-likeness (QED) is 0.257. The van der Waals surface area contributed by atoms with Crippen LogP contribution < -0.4 is 11.2 Å². The van der Waals surface area contributed by atoms with Crippen molar-refractivity contribution in [3.63, 3.8) is 0 Å². The Morgan fingerprint density at radius 3 is 2.32 bits per heavy atom. The Morgan fingerprint density at radius 2 is 1.74 bits per heavy atom. The van der Waals surface area contributed by atoms with E-state index >= 15 is 0 Å². The van der Waals surface area contributed by atoms with Crippen molar-refractivity contribution in [1.82, 2.24) is 14.5 Å². The topological polar surface area (TPSA) is 202 Å². The number of Topliss-reactive ketones (excluding diaryl/α,β-unsaturated/α-hetero) is 1. The van der Waals surface area contributed by atoms with Crippen LogP contribution in [0.2, 0.25) is 0 Å². The summed E-state index contributed by atoms with van der Waals surface area (Å²) in [5.74, 6) is -5.93. The summed E-state index contributed by atoms with van der Waals surface area (Å²) < 4.78 is 38.7. The predicted octanol–water partition coefficient (Wildman–Crippen LogP) is 2.56. The van der Waals surface area contributed by atoms with Gasteiger partial charge in [0.15, 0.2) is 18.0 Å². The van der Waals surface area contributed by atoms with Gasteiger partial charge in [-0.3, -0.25) is 33.5 Å². The van der Waals surface area contributed by atoms with Crippen LogP contribution in [0.4, 0.5) is 0 Å². The number of rotatable bonds is 10. The van der Waals surface area contributed by atoms with Gasteiger partial charge in [-0.1, -0.05) is 27.7 Å². The molecule has 4 heterocycles. The minimum atomic E-state index is -1.43. The lowest BCUT2D eigenvalue weighted by Crippen LogP contribution is -2.60. The van der Waals surface area contributed by atoms with E-state index in [1.807, 2.05) is 25.9 Å². The number of H-pyrrole nitrogens is 1. The molecule has 1 aromatic heterocycles. The highest BCUT2D eigenvalue weighted by molar-refractivity contribution is 8.00. The highest BCUT2D eigenvalue weighted by Gasteiger charge is 2.61. The Labute approximate surface area is 339 Å². The lowest BCUT2D eigenvalue weighted by atomic mass is 9.70. The van der Waals surface area contributed by atoms with Crippen molar-refractivity contribution in [2.75, 3.05) is 27.0 Å².